The Kier molecular flexibility index (Phi) is 6.45. The third kappa shape index (κ3) is 4.68. The van der Waals surface area contributed by atoms with Crippen LogP contribution in [0.25, 0.3) is 11.5 Å². The van der Waals surface area contributed by atoms with Gasteiger partial charge in [-0.25, -0.2) is 9.07 Å². The first-order chi connectivity index (χ1) is 15.1. The zero-order chi connectivity index (χ0) is 21.6. The molecule has 0 bridgehead atoms. The Morgan fingerprint density at radius 3 is 2.42 bits per heavy atom. The largest absolute Gasteiger partial charge is 0.351 e. The minimum absolute atomic E-state index is 0.0647. The van der Waals surface area contributed by atoms with Crippen molar-refractivity contribution in [3.63, 3.8) is 0 Å². The molecule has 0 atom stereocenters. The first-order valence-electron chi connectivity index (χ1n) is 10.7. The molecule has 1 aliphatic heterocycles. The Morgan fingerprint density at radius 1 is 1.00 bits per heavy atom. The van der Waals surface area contributed by atoms with Gasteiger partial charge in [0.05, 0.1) is 6.20 Å². The molecule has 3 aromatic rings. The third-order valence-electron chi connectivity index (χ3n) is 5.50. The van der Waals surface area contributed by atoms with Crippen LogP contribution < -0.4 is 5.32 Å². The maximum Gasteiger partial charge on any atom is 0.256 e. The predicted octanol–water partition coefficient (Wildman–Crippen LogP) is 3.32. The van der Waals surface area contributed by atoms with E-state index in [9.17, 15) is 14.0 Å². The summed E-state index contributed by atoms with van der Waals surface area (Å²) in [4.78, 5) is 27.3. The molecular weight excluding hydrogens is 397 g/mol. The average molecular weight is 423 g/mol. The molecule has 0 radical (unpaired) electrons. The van der Waals surface area contributed by atoms with Crippen molar-refractivity contribution in [3.05, 3.63) is 66.4 Å². The Morgan fingerprint density at radius 2 is 1.71 bits per heavy atom. The van der Waals surface area contributed by atoms with E-state index in [-0.39, 0.29) is 30.5 Å². The molecule has 0 saturated carbocycles. The van der Waals surface area contributed by atoms with Crippen molar-refractivity contribution in [2.24, 2.45) is 0 Å². The average Bonchev–Trinajstić information content (AvgIpc) is 3.37. The summed E-state index contributed by atoms with van der Waals surface area (Å²) in [6.07, 6.45) is 9.62. The normalized spacial score (nSPS) is 14.3. The second-order valence-corrected chi connectivity index (χ2v) is 7.64. The van der Waals surface area contributed by atoms with E-state index in [0.717, 1.165) is 38.8 Å². The fraction of sp³-hybridized carbons (Fsp3) is 0.348. The van der Waals surface area contributed by atoms with Crippen molar-refractivity contribution in [1.29, 1.82) is 0 Å². The van der Waals surface area contributed by atoms with Crippen LogP contribution in [0.1, 0.15) is 42.5 Å². The van der Waals surface area contributed by atoms with Gasteiger partial charge in [0.15, 0.2) is 5.82 Å². The first kappa shape index (κ1) is 20.8. The highest BCUT2D eigenvalue weighted by Gasteiger charge is 2.22. The molecule has 7 nitrogen and oxygen atoms in total. The number of likely N-dealkylation sites (tertiary alicyclic amines) is 1. The summed E-state index contributed by atoms with van der Waals surface area (Å²) in [7, 11) is 0. The number of benzene rings is 1. The van der Waals surface area contributed by atoms with Gasteiger partial charge < -0.3 is 14.8 Å². The summed E-state index contributed by atoms with van der Waals surface area (Å²) >= 11 is 0. The summed E-state index contributed by atoms with van der Waals surface area (Å²) in [5.74, 6) is -0.287. The van der Waals surface area contributed by atoms with Crippen LogP contribution in [-0.4, -0.2) is 50.7 Å². The molecule has 4 rings (SSSR count). The van der Waals surface area contributed by atoms with Gasteiger partial charge in [-0.15, -0.1) is 0 Å². The number of nitrogens with one attached hydrogen (secondary N) is 1. The van der Waals surface area contributed by atoms with Gasteiger partial charge in [0, 0.05) is 38.4 Å². The van der Waals surface area contributed by atoms with Crippen LogP contribution in [0.15, 0.2) is 55.0 Å². The smallest absolute Gasteiger partial charge is 0.256 e. The molecular formula is C23H26FN5O2. The second kappa shape index (κ2) is 9.59. The topological polar surface area (TPSA) is 72.2 Å². The van der Waals surface area contributed by atoms with Gasteiger partial charge >= 0.3 is 0 Å². The van der Waals surface area contributed by atoms with Crippen LogP contribution in [-0.2, 0) is 4.79 Å². The summed E-state index contributed by atoms with van der Waals surface area (Å²) in [6, 6.07) is 9.92. The lowest BCUT2D eigenvalue weighted by Gasteiger charge is -2.20. The summed E-state index contributed by atoms with van der Waals surface area (Å²) in [5, 5.41) is 7.09. The molecule has 1 saturated heterocycles. The van der Waals surface area contributed by atoms with Gasteiger partial charge in [-0.3, -0.25) is 9.59 Å². The highest BCUT2D eigenvalue weighted by Crippen LogP contribution is 2.21. The second-order valence-electron chi connectivity index (χ2n) is 7.64. The summed E-state index contributed by atoms with van der Waals surface area (Å²) in [6.45, 7) is 1.82. The van der Waals surface area contributed by atoms with Gasteiger partial charge in [-0.2, -0.15) is 5.10 Å². The van der Waals surface area contributed by atoms with Crippen molar-refractivity contribution in [1.82, 2.24) is 24.6 Å². The van der Waals surface area contributed by atoms with Crippen molar-refractivity contribution < 1.29 is 14.0 Å². The van der Waals surface area contributed by atoms with Gasteiger partial charge in [-0.1, -0.05) is 25.0 Å². The minimum atomic E-state index is -0.436. The molecule has 0 spiro atoms. The van der Waals surface area contributed by atoms with E-state index in [1.165, 1.54) is 16.9 Å². The van der Waals surface area contributed by atoms with E-state index in [4.69, 9.17) is 0 Å². The van der Waals surface area contributed by atoms with E-state index < -0.39 is 5.82 Å². The quantitative estimate of drug-likeness (QED) is 0.661. The number of halogens is 1. The molecule has 0 unspecified atom stereocenters. The zero-order valence-corrected chi connectivity index (χ0v) is 17.3. The van der Waals surface area contributed by atoms with Crippen LogP contribution >= 0.6 is 0 Å². The van der Waals surface area contributed by atoms with Crippen LogP contribution in [0.3, 0.4) is 0 Å². The molecule has 3 heterocycles. The third-order valence-corrected chi connectivity index (χ3v) is 5.50. The number of rotatable bonds is 6. The van der Waals surface area contributed by atoms with Gasteiger partial charge in [0.25, 0.3) is 5.91 Å². The molecule has 8 heteroatoms. The van der Waals surface area contributed by atoms with Crippen molar-refractivity contribution >= 4 is 11.8 Å². The van der Waals surface area contributed by atoms with Gasteiger partial charge in [0.1, 0.15) is 17.1 Å². The van der Waals surface area contributed by atoms with Crippen LogP contribution in [0.2, 0.25) is 0 Å². The number of carbonyl (C=O) groups is 2. The Bertz CT molecular complexity index is 1040. The number of para-hydroxylation sites is 1. The number of carbonyl (C=O) groups excluding carboxylic acids is 2. The van der Waals surface area contributed by atoms with Crippen LogP contribution in [0.5, 0.6) is 0 Å². The molecule has 2 amide bonds. The molecule has 1 N–H and O–H groups in total. The highest BCUT2D eigenvalue weighted by atomic mass is 19.1. The Hall–Kier alpha value is -3.42. The lowest BCUT2D eigenvalue weighted by atomic mass is 10.2. The molecule has 0 aliphatic carbocycles. The maximum absolute atomic E-state index is 14.4. The van der Waals surface area contributed by atoms with E-state index in [2.05, 4.69) is 10.4 Å². The maximum atomic E-state index is 14.4. The van der Waals surface area contributed by atoms with Crippen LogP contribution in [0.4, 0.5) is 4.39 Å². The highest BCUT2D eigenvalue weighted by molar-refractivity contribution is 5.97. The molecule has 1 aliphatic rings. The lowest BCUT2D eigenvalue weighted by molar-refractivity contribution is -0.131. The Labute approximate surface area is 180 Å². The van der Waals surface area contributed by atoms with Crippen molar-refractivity contribution in [2.75, 3.05) is 19.6 Å². The fourth-order valence-electron chi connectivity index (χ4n) is 3.88. The number of hydrogen-bond donors (Lipinski definition) is 1. The lowest BCUT2D eigenvalue weighted by Crippen LogP contribution is -2.35. The number of nitrogens with zero attached hydrogens (tertiary/aromatic N) is 4. The first-order valence-corrected chi connectivity index (χ1v) is 10.7. The van der Waals surface area contributed by atoms with Crippen molar-refractivity contribution in [2.45, 2.75) is 32.1 Å². The van der Waals surface area contributed by atoms with E-state index in [1.807, 2.05) is 17.0 Å². The van der Waals surface area contributed by atoms with E-state index in [1.54, 1.807) is 35.2 Å². The van der Waals surface area contributed by atoms with Crippen molar-refractivity contribution in [3.8, 4) is 11.5 Å². The molecule has 1 fully saturated rings. The summed E-state index contributed by atoms with van der Waals surface area (Å²) in [5.41, 5.74) is 0.559. The monoisotopic (exact) mass is 423 g/mol. The molecule has 162 valence electrons. The molecule has 1 aromatic carbocycles. The Balaban J connectivity index is 1.49. The van der Waals surface area contributed by atoms with E-state index in [0.29, 0.717) is 11.4 Å². The predicted molar refractivity (Wildman–Crippen MR) is 115 cm³/mol. The molecule has 2 aromatic heterocycles. The fourth-order valence-corrected chi connectivity index (χ4v) is 3.88. The standard InChI is InChI=1S/C23H26FN5O2/c24-19-9-3-4-10-20(19)29-23(28-15-7-8-16-28)18(17-26-29)22(31)25-12-11-21(30)27-13-5-1-2-6-14-27/h3-4,7-10,15-17H,1-2,5-6,11-14H2,(H,25,31). The number of aromatic nitrogens is 3. The zero-order valence-electron chi connectivity index (χ0n) is 17.3. The minimum Gasteiger partial charge on any atom is -0.351 e. The van der Waals surface area contributed by atoms with E-state index >= 15 is 0 Å². The van der Waals surface area contributed by atoms with Gasteiger partial charge in [0.2, 0.25) is 5.91 Å². The number of amides is 2. The van der Waals surface area contributed by atoms with Crippen LogP contribution in [0, 0.1) is 5.82 Å². The number of hydrogen-bond acceptors (Lipinski definition) is 3. The molecule has 31 heavy (non-hydrogen) atoms. The summed E-state index contributed by atoms with van der Waals surface area (Å²) < 4.78 is 17.5. The van der Waals surface area contributed by atoms with Gasteiger partial charge in [-0.05, 0) is 37.1 Å². The SMILES string of the molecule is O=C(NCCC(=O)N1CCCCCC1)c1cnn(-c2ccccc2F)c1-n1cccc1.